The zero-order valence-electron chi connectivity index (χ0n) is 9.69. The van der Waals surface area contributed by atoms with Gasteiger partial charge in [-0.05, 0) is 25.1 Å². The zero-order valence-corrected chi connectivity index (χ0v) is 9.69. The second kappa shape index (κ2) is 6.59. The first-order chi connectivity index (χ1) is 7.33. The summed E-state index contributed by atoms with van der Waals surface area (Å²) in [5.41, 5.74) is 1.30. The minimum absolute atomic E-state index is 0.246. The smallest absolute Gasteiger partial charge is 0.0449 e. The van der Waals surface area contributed by atoms with Gasteiger partial charge in [0.05, 0.1) is 0 Å². The second-order valence-electron chi connectivity index (χ2n) is 3.66. The molecule has 0 bridgehead atoms. The van der Waals surface area contributed by atoms with E-state index in [0.29, 0.717) is 6.04 Å². The van der Waals surface area contributed by atoms with Crippen molar-refractivity contribution in [3.05, 3.63) is 35.9 Å². The first-order valence-corrected chi connectivity index (χ1v) is 5.73. The number of rotatable bonds is 6. The molecule has 1 aromatic rings. The van der Waals surface area contributed by atoms with Gasteiger partial charge in [0, 0.05) is 12.6 Å². The number of aliphatic hydroxyl groups is 1. The summed E-state index contributed by atoms with van der Waals surface area (Å²) in [7, 11) is 0. The third-order valence-electron chi connectivity index (χ3n) is 2.84. The highest BCUT2D eigenvalue weighted by atomic mass is 16.3. The molecule has 1 aromatic carbocycles. The zero-order chi connectivity index (χ0) is 11.1. The molecule has 0 fully saturated rings. The minimum atomic E-state index is 0.246. The van der Waals surface area contributed by atoms with Crippen molar-refractivity contribution in [3.8, 4) is 0 Å². The molecule has 0 aromatic heterocycles. The third kappa shape index (κ3) is 3.33. The van der Waals surface area contributed by atoms with Crippen LogP contribution in [0.4, 0.5) is 0 Å². The van der Waals surface area contributed by atoms with Crippen LogP contribution in [0, 0.1) is 0 Å². The standard InChI is InChI=1S/C13H21NO/c1-3-14(4-2)13(10-11-15)12-8-6-5-7-9-12/h5-9,13,15H,3-4,10-11H2,1-2H3. The quantitative estimate of drug-likeness (QED) is 0.774. The van der Waals surface area contributed by atoms with Crippen LogP contribution in [0.5, 0.6) is 0 Å². The van der Waals surface area contributed by atoms with Crippen molar-refractivity contribution < 1.29 is 5.11 Å². The highest BCUT2D eigenvalue weighted by Crippen LogP contribution is 2.23. The van der Waals surface area contributed by atoms with Crippen LogP contribution in [0.1, 0.15) is 31.9 Å². The van der Waals surface area contributed by atoms with Crippen LogP contribution < -0.4 is 0 Å². The SMILES string of the molecule is CCN(CC)C(CCO)c1ccccc1. The summed E-state index contributed by atoms with van der Waals surface area (Å²) in [6.07, 6.45) is 0.811. The molecule has 0 aliphatic rings. The summed E-state index contributed by atoms with van der Waals surface area (Å²) in [6.45, 7) is 6.62. The lowest BCUT2D eigenvalue weighted by Gasteiger charge is -2.29. The summed E-state index contributed by atoms with van der Waals surface area (Å²) in [4.78, 5) is 2.38. The van der Waals surface area contributed by atoms with Crippen LogP contribution in [-0.2, 0) is 0 Å². The molecule has 1 N–H and O–H groups in total. The van der Waals surface area contributed by atoms with Crippen LogP contribution >= 0.6 is 0 Å². The Morgan fingerprint density at radius 1 is 1.13 bits per heavy atom. The van der Waals surface area contributed by atoms with E-state index in [0.717, 1.165) is 19.5 Å². The number of aliphatic hydroxyl groups excluding tert-OH is 1. The molecule has 2 nitrogen and oxygen atoms in total. The normalized spacial score (nSPS) is 13.1. The van der Waals surface area contributed by atoms with Gasteiger partial charge in [-0.25, -0.2) is 0 Å². The van der Waals surface area contributed by atoms with Crippen LogP contribution in [0.2, 0.25) is 0 Å². The van der Waals surface area contributed by atoms with Crippen molar-refractivity contribution in [1.29, 1.82) is 0 Å². The minimum Gasteiger partial charge on any atom is -0.396 e. The van der Waals surface area contributed by atoms with Crippen molar-refractivity contribution in [2.75, 3.05) is 19.7 Å². The lowest BCUT2D eigenvalue weighted by Crippen LogP contribution is -2.29. The predicted octanol–water partition coefficient (Wildman–Crippen LogP) is 2.45. The molecule has 0 saturated carbocycles. The highest BCUT2D eigenvalue weighted by molar-refractivity contribution is 5.19. The van der Waals surface area contributed by atoms with E-state index < -0.39 is 0 Å². The Hall–Kier alpha value is -0.860. The van der Waals surface area contributed by atoms with Gasteiger partial charge in [-0.2, -0.15) is 0 Å². The van der Waals surface area contributed by atoms with E-state index >= 15 is 0 Å². The van der Waals surface area contributed by atoms with Crippen LogP contribution in [-0.4, -0.2) is 29.7 Å². The van der Waals surface area contributed by atoms with Gasteiger partial charge >= 0.3 is 0 Å². The lowest BCUT2D eigenvalue weighted by molar-refractivity contribution is 0.170. The number of nitrogens with zero attached hydrogens (tertiary/aromatic N) is 1. The molecule has 2 heteroatoms. The van der Waals surface area contributed by atoms with E-state index in [1.54, 1.807) is 0 Å². The molecule has 0 aliphatic heterocycles. The summed E-state index contributed by atoms with van der Waals surface area (Å²) in [5, 5.41) is 9.11. The summed E-state index contributed by atoms with van der Waals surface area (Å²) in [6, 6.07) is 10.8. The Morgan fingerprint density at radius 3 is 2.20 bits per heavy atom. The Labute approximate surface area is 92.5 Å². The number of hydrogen-bond donors (Lipinski definition) is 1. The van der Waals surface area contributed by atoms with E-state index in [9.17, 15) is 0 Å². The number of benzene rings is 1. The van der Waals surface area contributed by atoms with Gasteiger partial charge in [-0.15, -0.1) is 0 Å². The van der Waals surface area contributed by atoms with E-state index in [2.05, 4.69) is 43.0 Å². The van der Waals surface area contributed by atoms with Gasteiger partial charge in [0.15, 0.2) is 0 Å². The fraction of sp³-hybridized carbons (Fsp3) is 0.538. The summed E-state index contributed by atoms with van der Waals surface area (Å²) < 4.78 is 0. The van der Waals surface area contributed by atoms with Crippen molar-refractivity contribution in [2.45, 2.75) is 26.3 Å². The van der Waals surface area contributed by atoms with Crippen LogP contribution in [0.3, 0.4) is 0 Å². The molecule has 1 atom stereocenters. The van der Waals surface area contributed by atoms with E-state index in [4.69, 9.17) is 5.11 Å². The molecule has 1 rings (SSSR count). The second-order valence-corrected chi connectivity index (χ2v) is 3.66. The number of hydrogen-bond acceptors (Lipinski definition) is 2. The Bertz CT molecular complexity index is 256. The van der Waals surface area contributed by atoms with Crippen LogP contribution in [0.15, 0.2) is 30.3 Å². The molecule has 0 aliphatic carbocycles. The molecule has 1 unspecified atom stereocenters. The topological polar surface area (TPSA) is 23.5 Å². The maximum atomic E-state index is 9.11. The van der Waals surface area contributed by atoms with Crippen molar-refractivity contribution in [1.82, 2.24) is 4.90 Å². The van der Waals surface area contributed by atoms with Gasteiger partial charge in [0.2, 0.25) is 0 Å². The first kappa shape index (κ1) is 12.2. The molecule has 0 radical (unpaired) electrons. The molecule has 15 heavy (non-hydrogen) atoms. The first-order valence-electron chi connectivity index (χ1n) is 5.73. The molecule has 84 valence electrons. The molecular formula is C13H21NO. The van der Waals surface area contributed by atoms with E-state index in [-0.39, 0.29) is 6.61 Å². The molecular weight excluding hydrogens is 186 g/mol. The van der Waals surface area contributed by atoms with Gasteiger partial charge < -0.3 is 5.11 Å². The Balaban J connectivity index is 2.81. The fourth-order valence-electron chi connectivity index (χ4n) is 2.02. The predicted molar refractivity (Wildman–Crippen MR) is 63.8 cm³/mol. The maximum Gasteiger partial charge on any atom is 0.0449 e. The summed E-state index contributed by atoms with van der Waals surface area (Å²) in [5.74, 6) is 0. The highest BCUT2D eigenvalue weighted by Gasteiger charge is 2.16. The lowest BCUT2D eigenvalue weighted by atomic mass is 10.0. The third-order valence-corrected chi connectivity index (χ3v) is 2.84. The van der Waals surface area contributed by atoms with E-state index in [1.807, 2.05) is 6.07 Å². The molecule has 0 saturated heterocycles. The average molecular weight is 207 g/mol. The molecule has 0 amide bonds. The monoisotopic (exact) mass is 207 g/mol. The Morgan fingerprint density at radius 2 is 1.73 bits per heavy atom. The van der Waals surface area contributed by atoms with Gasteiger partial charge in [0.25, 0.3) is 0 Å². The van der Waals surface area contributed by atoms with Crippen molar-refractivity contribution in [3.63, 3.8) is 0 Å². The summed E-state index contributed by atoms with van der Waals surface area (Å²) >= 11 is 0. The van der Waals surface area contributed by atoms with Gasteiger partial charge in [-0.3, -0.25) is 4.90 Å². The fourth-order valence-corrected chi connectivity index (χ4v) is 2.02. The average Bonchev–Trinajstić information content (AvgIpc) is 2.30. The van der Waals surface area contributed by atoms with Crippen molar-refractivity contribution in [2.24, 2.45) is 0 Å². The van der Waals surface area contributed by atoms with Gasteiger partial charge in [-0.1, -0.05) is 44.2 Å². The maximum absolute atomic E-state index is 9.11. The van der Waals surface area contributed by atoms with Crippen LogP contribution in [0.25, 0.3) is 0 Å². The molecule has 0 spiro atoms. The largest absolute Gasteiger partial charge is 0.396 e. The van der Waals surface area contributed by atoms with E-state index in [1.165, 1.54) is 5.56 Å². The van der Waals surface area contributed by atoms with Gasteiger partial charge in [0.1, 0.15) is 0 Å². The molecule has 0 heterocycles. The Kier molecular flexibility index (Phi) is 5.37. The van der Waals surface area contributed by atoms with Crippen molar-refractivity contribution >= 4 is 0 Å².